The molecule has 6 heteroatoms. The average molecular weight is 352 g/mol. The van der Waals surface area contributed by atoms with Crippen molar-refractivity contribution in [3.8, 4) is 0 Å². The number of aromatic nitrogens is 1. The van der Waals surface area contributed by atoms with Crippen LogP contribution in [-0.2, 0) is 6.42 Å². The summed E-state index contributed by atoms with van der Waals surface area (Å²) >= 11 is 0. The summed E-state index contributed by atoms with van der Waals surface area (Å²) in [5.74, 6) is 1.74. The highest BCUT2D eigenvalue weighted by Crippen LogP contribution is 2.13. The predicted octanol–water partition coefficient (Wildman–Crippen LogP) is 1.64. The molecule has 0 aromatic carbocycles. The SMILES string of the molecule is CN=C(NC)NCCCc1c(C)noc1C.I. The summed E-state index contributed by atoms with van der Waals surface area (Å²) in [6, 6.07) is 0. The molecule has 2 N–H and O–H groups in total. The van der Waals surface area contributed by atoms with Crippen LogP contribution >= 0.6 is 24.0 Å². The Kier molecular flexibility index (Phi) is 7.94. The Hall–Kier alpha value is -0.790. The number of aliphatic imine (C=N–C) groups is 1. The highest BCUT2D eigenvalue weighted by atomic mass is 127. The number of halogens is 1. The number of nitrogens with zero attached hydrogens (tertiary/aromatic N) is 2. The van der Waals surface area contributed by atoms with E-state index in [-0.39, 0.29) is 24.0 Å². The van der Waals surface area contributed by atoms with Gasteiger partial charge in [-0.15, -0.1) is 24.0 Å². The van der Waals surface area contributed by atoms with Gasteiger partial charge in [-0.3, -0.25) is 4.99 Å². The zero-order valence-corrected chi connectivity index (χ0v) is 13.2. The fourth-order valence-corrected chi connectivity index (χ4v) is 1.61. The van der Waals surface area contributed by atoms with E-state index >= 15 is 0 Å². The molecule has 0 aliphatic heterocycles. The van der Waals surface area contributed by atoms with Gasteiger partial charge < -0.3 is 15.2 Å². The van der Waals surface area contributed by atoms with Crippen LogP contribution in [0.1, 0.15) is 23.4 Å². The summed E-state index contributed by atoms with van der Waals surface area (Å²) in [5.41, 5.74) is 2.22. The van der Waals surface area contributed by atoms with Crippen LogP contribution in [0.4, 0.5) is 0 Å². The van der Waals surface area contributed by atoms with E-state index < -0.39 is 0 Å². The fraction of sp³-hybridized carbons (Fsp3) is 0.636. The van der Waals surface area contributed by atoms with E-state index in [1.54, 1.807) is 7.05 Å². The molecule has 98 valence electrons. The lowest BCUT2D eigenvalue weighted by Crippen LogP contribution is -2.35. The second-order valence-electron chi connectivity index (χ2n) is 3.66. The molecule has 1 rings (SSSR count). The Labute approximate surface area is 119 Å². The van der Waals surface area contributed by atoms with Gasteiger partial charge in [0.1, 0.15) is 5.76 Å². The van der Waals surface area contributed by atoms with Crippen molar-refractivity contribution in [2.75, 3.05) is 20.6 Å². The normalized spacial score (nSPS) is 10.9. The summed E-state index contributed by atoms with van der Waals surface area (Å²) in [6.07, 6.45) is 2.01. The molecule has 1 aromatic heterocycles. The minimum atomic E-state index is 0. The number of nitrogens with one attached hydrogen (secondary N) is 2. The molecule has 0 atom stereocenters. The summed E-state index contributed by atoms with van der Waals surface area (Å²) in [4.78, 5) is 4.04. The molecule has 0 aliphatic carbocycles. The third kappa shape index (κ3) is 4.93. The highest BCUT2D eigenvalue weighted by molar-refractivity contribution is 14.0. The zero-order chi connectivity index (χ0) is 12.0. The number of hydrogen-bond acceptors (Lipinski definition) is 3. The van der Waals surface area contributed by atoms with Gasteiger partial charge in [-0.05, 0) is 26.7 Å². The van der Waals surface area contributed by atoms with Gasteiger partial charge in [0.25, 0.3) is 0 Å². The first-order valence-corrected chi connectivity index (χ1v) is 5.49. The molecule has 0 fully saturated rings. The molecule has 0 unspecified atom stereocenters. The van der Waals surface area contributed by atoms with Gasteiger partial charge in [-0.2, -0.15) is 0 Å². The van der Waals surface area contributed by atoms with E-state index in [1.807, 2.05) is 20.9 Å². The highest BCUT2D eigenvalue weighted by Gasteiger charge is 2.07. The number of hydrogen-bond donors (Lipinski definition) is 2. The van der Waals surface area contributed by atoms with Gasteiger partial charge >= 0.3 is 0 Å². The van der Waals surface area contributed by atoms with Crippen molar-refractivity contribution < 1.29 is 4.52 Å². The number of rotatable bonds is 4. The molecule has 1 heterocycles. The van der Waals surface area contributed by atoms with E-state index in [0.29, 0.717) is 0 Å². The van der Waals surface area contributed by atoms with E-state index in [1.165, 1.54) is 5.56 Å². The van der Waals surface area contributed by atoms with Crippen molar-refractivity contribution in [3.63, 3.8) is 0 Å². The maximum absolute atomic E-state index is 5.11. The van der Waals surface area contributed by atoms with E-state index in [0.717, 1.165) is 36.8 Å². The first-order valence-electron chi connectivity index (χ1n) is 5.49. The second kappa shape index (κ2) is 8.32. The lowest BCUT2D eigenvalue weighted by atomic mass is 10.1. The van der Waals surface area contributed by atoms with Gasteiger partial charge in [0, 0.05) is 26.2 Å². The summed E-state index contributed by atoms with van der Waals surface area (Å²) in [7, 11) is 3.61. The smallest absolute Gasteiger partial charge is 0.190 e. The zero-order valence-electron chi connectivity index (χ0n) is 10.8. The van der Waals surface area contributed by atoms with E-state index in [2.05, 4.69) is 20.8 Å². The Morgan fingerprint density at radius 2 is 2.12 bits per heavy atom. The summed E-state index contributed by atoms with van der Waals surface area (Å²) < 4.78 is 5.11. The Morgan fingerprint density at radius 1 is 1.41 bits per heavy atom. The molecule has 0 saturated carbocycles. The third-order valence-electron chi connectivity index (χ3n) is 2.54. The standard InChI is InChI=1S/C11H20N4O.HI/c1-8-10(9(2)16-15-8)6-5-7-14-11(12-3)13-4;/h5-7H2,1-4H3,(H2,12,13,14);1H. The van der Waals surface area contributed by atoms with Crippen molar-refractivity contribution in [1.29, 1.82) is 0 Å². The minimum absolute atomic E-state index is 0. The second-order valence-corrected chi connectivity index (χ2v) is 3.66. The fourth-order valence-electron chi connectivity index (χ4n) is 1.61. The van der Waals surface area contributed by atoms with E-state index in [4.69, 9.17) is 4.52 Å². The van der Waals surface area contributed by atoms with Crippen LogP contribution in [0.5, 0.6) is 0 Å². The maximum atomic E-state index is 5.11. The van der Waals surface area contributed by atoms with Gasteiger partial charge in [0.15, 0.2) is 5.96 Å². The lowest BCUT2D eigenvalue weighted by Gasteiger charge is -2.07. The molecule has 0 bridgehead atoms. The van der Waals surface area contributed by atoms with Gasteiger partial charge in [-0.25, -0.2) is 0 Å². The Bertz CT molecular complexity index is 343. The Balaban J connectivity index is 0.00000256. The van der Waals surface area contributed by atoms with Gasteiger partial charge in [0.05, 0.1) is 5.69 Å². The first kappa shape index (κ1) is 16.2. The largest absolute Gasteiger partial charge is 0.361 e. The molecule has 0 amide bonds. The predicted molar refractivity (Wildman–Crippen MR) is 80.1 cm³/mol. The van der Waals surface area contributed by atoms with Crippen LogP contribution in [0.2, 0.25) is 0 Å². The molecule has 0 saturated heterocycles. The lowest BCUT2D eigenvalue weighted by molar-refractivity contribution is 0.392. The molecule has 0 spiro atoms. The van der Waals surface area contributed by atoms with Crippen LogP contribution in [-0.4, -0.2) is 31.8 Å². The summed E-state index contributed by atoms with van der Waals surface area (Å²) in [6.45, 7) is 4.82. The topological polar surface area (TPSA) is 62.5 Å². The van der Waals surface area contributed by atoms with Crippen molar-refractivity contribution in [1.82, 2.24) is 15.8 Å². The average Bonchev–Trinajstić information content (AvgIpc) is 2.60. The molecular weight excluding hydrogens is 331 g/mol. The van der Waals surface area contributed by atoms with Crippen molar-refractivity contribution >= 4 is 29.9 Å². The van der Waals surface area contributed by atoms with Crippen molar-refractivity contribution in [2.45, 2.75) is 26.7 Å². The molecule has 0 aliphatic rings. The number of aryl methyl sites for hydroxylation is 2. The first-order chi connectivity index (χ1) is 7.69. The number of guanidine groups is 1. The summed E-state index contributed by atoms with van der Waals surface area (Å²) in [5, 5.41) is 10.1. The van der Waals surface area contributed by atoms with Crippen LogP contribution in [0.25, 0.3) is 0 Å². The molecule has 0 radical (unpaired) electrons. The van der Waals surface area contributed by atoms with Crippen LogP contribution in [0, 0.1) is 13.8 Å². The van der Waals surface area contributed by atoms with Gasteiger partial charge in [-0.1, -0.05) is 5.16 Å². The van der Waals surface area contributed by atoms with Crippen molar-refractivity contribution in [3.05, 3.63) is 17.0 Å². The molecular formula is C11H21IN4O. The molecule has 5 nitrogen and oxygen atoms in total. The van der Waals surface area contributed by atoms with E-state index in [9.17, 15) is 0 Å². The quantitative estimate of drug-likeness (QED) is 0.374. The Morgan fingerprint density at radius 3 is 2.59 bits per heavy atom. The van der Waals surface area contributed by atoms with Crippen LogP contribution in [0.15, 0.2) is 9.52 Å². The van der Waals surface area contributed by atoms with Crippen molar-refractivity contribution in [2.24, 2.45) is 4.99 Å². The molecule has 17 heavy (non-hydrogen) atoms. The van der Waals surface area contributed by atoms with Crippen LogP contribution in [0.3, 0.4) is 0 Å². The minimum Gasteiger partial charge on any atom is -0.361 e. The van der Waals surface area contributed by atoms with Gasteiger partial charge in [0.2, 0.25) is 0 Å². The third-order valence-corrected chi connectivity index (χ3v) is 2.54. The maximum Gasteiger partial charge on any atom is 0.190 e. The molecule has 1 aromatic rings. The monoisotopic (exact) mass is 352 g/mol. The van der Waals surface area contributed by atoms with Crippen LogP contribution < -0.4 is 10.6 Å².